The summed E-state index contributed by atoms with van der Waals surface area (Å²) in [6.07, 6.45) is 0.309. The number of hydrogen-bond acceptors (Lipinski definition) is 3. The molecular weight excluding hydrogens is 316 g/mol. The molecule has 0 aliphatic carbocycles. The van der Waals surface area contributed by atoms with Gasteiger partial charge in [0.2, 0.25) is 5.91 Å². The SMILES string of the molecule is CC(N)CC(=O)NCC(c1ccc(F)cc1)N(C)C.Cl.Cl. The van der Waals surface area contributed by atoms with Gasteiger partial charge >= 0.3 is 0 Å². The van der Waals surface area contributed by atoms with Crippen LogP contribution in [-0.4, -0.2) is 37.5 Å². The summed E-state index contributed by atoms with van der Waals surface area (Å²) in [6.45, 7) is 2.27. The van der Waals surface area contributed by atoms with Crippen molar-refractivity contribution in [1.29, 1.82) is 0 Å². The van der Waals surface area contributed by atoms with Gasteiger partial charge < -0.3 is 16.0 Å². The van der Waals surface area contributed by atoms with Crippen LogP contribution < -0.4 is 11.1 Å². The van der Waals surface area contributed by atoms with Gasteiger partial charge in [-0.2, -0.15) is 0 Å². The first-order valence-corrected chi connectivity index (χ1v) is 6.34. The van der Waals surface area contributed by atoms with Gasteiger partial charge in [-0.25, -0.2) is 4.39 Å². The Kier molecular flexibility index (Phi) is 11.5. The van der Waals surface area contributed by atoms with Crippen LogP contribution in [0.5, 0.6) is 0 Å². The summed E-state index contributed by atoms with van der Waals surface area (Å²) in [5.74, 6) is -0.328. The number of carbonyl (C=O) groups is 1. The standard InChI is InChI=1S/C14H22FN3O.2ClH/c1-10(16)8-14(19)17-9-13(18(2)3)11-4-6-12(15)7-5-11;;/h4-7,10,13H,8-9,16H2,1-3H3,(H,17,19);2*1H. The molecule has 4 nitrogen and oxygen atoms in total. The highest BCUT2D eigenvalue weighted by molar-refractivity contribution is 5.85. The molecule has 7 heteroatoms. The molecule has 2 atom stereocenters. The van der Waals surface area contributed by atoms with Gasteiger partial charge in [-0.3, -0.25) is 4.79 Å². The molecule has 0 aromatic heterocycles. The number of nitrogens with zero attached hydrogens (tertiary/aromatic N) is 1. The highest BCUT2D eigenvalue weighted by Gasteiger charge is 2.15. The molecule has 2 unspecified atom stereocenters. The molecule has 0 radical (unpaired) electrons. The van der Waals surface area contributed by atoms with E-state index in [9.17, 15) is 9.18 Å². The van der Waals surface area contributed by atoms with Crippen molar-refractivity contribution in [2.45, 2.75) is 25.4 Å². The van der Waals surface area contributed by atoms with Crippen molar-refractivity contribution in [1.82, 2.24) is 10.2 Å². The molecule has 0 saturated carbocycles. The average Bonchev–Trinajstić information content (AvgIpc) is 2.30. The van der Waals surface area contributed by atoms with Gasteiger partial charge in [0.15, 0.2) is 0 Å². The molecule has 1 aromatic rings. The van der Waals surface area contributed by atoms with Crippen molar-refractivity contribution in [3.05, 3.63) is 35.6 Å². The van der Waals surface area contributed by atoms with E-state index in [0.29, 0.717) is 13.0 Å². The maximum atomic E-state index is 12.9. The second-order valence-corrected chi connectivity index (χ2v) is 5.02. The summed E-state index contributed by atoms with van der Waals surface area (Å²) in [7, 11) is 3.84. The Morgan fingerprint density at radius 3 is 2.24 bits per heavy atom. The molecule has 0 spiro atoms. The highest BCUT2D eigenvalue weighted by Crippen LogP contribution is 2.17. The third kappa shape index (κ3) is 8.21. The van der Waals surface area contributed by atoms with Crippen LogP contribution in [0.1, 0.15) is 24.9 Å². The van der Waals surface area contributed by atoms with Crippen LogP contribution in [0.4, 0.5) is 4.39 Å². The highest BCUT2D eigenvalue weighted by atomic mass is 35.5. The molecule has 122 valence electrons. The predicted octanol–water partition coefficient (Wildman–Crippen LogP) is 2.13. The summed E-state index contributed by atoms with van der Waals surface area (Å²) in [5, 5.41) is 2.85. The Labute approximate surface area is 138 Å². The topological polar surface area (TPSA) is 58.4 Å². The Hall–Kier alpha value is -0.880. The molecule has 1 amide bonds. The average molecular weight is 340 g/mol. The molecule has 1 rings (SSSR count). The first kappa shape index (κ1) is 22.4. The number of hydrogen-bond donors (Lipinski definition) is 2. The van der Waals surface area contributed by atoms with E-state index < -0.39 is 0 Å². The lowest BCUT2D eigenvalue weighted by Gasteiger charge is -2.25. The van der Waals surface area contributed by atoms with E-state index in [4.69, 9.17) is 5.73 Å². The molecule has 3 N–H and O–H groups in total. The Balaban J connectivity index is 0. The first-order valence-electron chi connectivity index (χ1n) is 6.34. The first-order chi connectivity index (χ1) is 8.90. The van der Waals surface area contributed by atoms with Crippen molar-refractivity contribution in [2.75, 3.05) is 20.6 Å². The molecule has 0 heterocycles. The van der Waals surface area contributed by atoms with Crippen LogP contribution in [0, 0.1) is 5.82 Å². The number of benzene rings is 1. The van der Waals surface area contributed by atoms with Crippen molar-refractivity contribution < 1.29 is 9.18 Å². The number of nitrogens with two attached hydrogens (primary N) is 1. The number of nitrogens with one attached hydrogen (secondary N) is 1. The quantitative estimate of drug-likeness (QED) is 0.834. The molecule has 1 aromatic carbocycles. The van der Waals surface area contributed by atoms with Gasteiger partial charge in [0.1, 0.15) is 5.82 Å². The maximum Gasteiger partial charge on any atom is 0.221 e. The molecule has 0 fully saturated rings. The van der Waals surface area contributed by atoms with Crippen LogP contribution in [0.25, 0.3) is 0 Å². The summed E-state index contributed by atoms with van der Waals surface area (Å²) in [6, 6.07) is 6.18. The Morgan fingerprint density at radius 1 is 1.29 bits per heavy atom. The van der Waals surface area contributed by atoms with E-state index in [1.165, 1.54) is 12.1 Å². The number of likely N-dealkylation sites (N-methyl/N-ethyl adjacent to an activating group) is 1. The van der Waals surface area contributed by atoms with Crippen LogP contribution in [0.15, 0.2) is 24.3 Å². The third-order valence-corrected chi connectivity index (χ3v) is 2.88. The third-order valence-electron chi connectivity index (χ3n) is 2.88. The second kappa shape index (κ2) is 10.8. The van der Waals surface area contributed by atoms with Crippen molar-refractivity contribution in [3.8, 4) is 0 Å². The van der Waals surface area contributed by atoms with Crippen LogP contribution in [0.2, 0.25) is 0 Å². The summed E-state index contributed by atoms with van der Waals surface area (Å²) >= 11 is 0. The lowest BCUT2D eigenvalue weighted by molar-refractivity contribution is -0.121. The predicted molar refractivity (Wildman–Crippen MR) is 88.6 cm³/mol. The van der Waals surface area contributed by atoms with Gasteiger partial charge in [-0.1, -0.05) is 12.1 Å². The lowest BCUT2D eigenvalue weighted by Crippen LogP contribution is -2.36. The number of rotatable bonds is 6. The number of amides is 1. The minimum atomic E-state index is -0.262. The fourth-order valence-corrected chi connectivity index (χ4v) is 1.86. The van der Waals surface area contributed by atoms with Crippen LogP contribution in [-0.2, 0) is 4.79 Å². The zero-order valence-corrected chi connectivity index (χ0v) is 14.1. The molecule has 0 aliphatic rings. The molecular formula is C14H24Cl2FN3O. The minimum absolute atomic E-state index is 0. The van der Waals surface area contributed by atoms with E-state index in [0.717, 1.165) is 5.56 Å². The zero-order valence-electron chi connectivity index (χ0n) is 12.5. The minimum Gasteiger partial charge on any atom is -0.354 e. The van der Waals surface area contributed by atoms with Gasteiger partial charge in [-0.05, 0) is 38.7 Å². The van der Waals surface area contributed by atoms with Gasteiger partial charge in [0.25, 0.3) is 0 Å². The van der Waals surface area contributed by atoms with E-state index in [1.54, 1.807) is 19.1 Å². The summed E-state index contributed by atoms with van der Waals surface area (Å²) in [5.41, 5.74) is 6.54. The smallest absolute Gasteiger partial charge is 0.221 e. The fraction of sp³-hybridized carbons (Fsp3) is 0.500. The normalized spacial score (nSPS) is 12.9. The second-order valence-electron chi connectivity index (χ2n) is 5.02. The zero-order chi connectivity index (χ0) is 14.4. The monoisotopic (exact) mass is 339 g/mol. The van der Waals surface area contributed by atoms with Crippen LogP contribution in [0.3, 0.4) is 0 Å². The largest absolute Gasteiger partial charge is 0.354 e. The van der Waals surface area contributed by atoms with E-state index in [1.807, 2.05) is 19.0 Å². The Morgan fingerprint density at radius 2 is 1.81 bits per heavy atom. The number of carbonyl (C=O) groups excluding carboxylic acids is 1. The summed E-state index contributed by atoms with van der Waals surface area (Å²) < 4.78 is 12.9. The van der Waals surface area contributed by atoms with Crippen LogP contribution >= 0.6 is 24.8 Å². The molecule has 0 bridgehead atoms. The van der Waals surface area contributed by atoms with Gasteiger partial charge in [-0.15, -0.1) is 24.8 Å². The van der Waals surface area contributed by atoms with Gasteiger partial charge in [0, 0.05) is 19.0 Å². The van der Waals surface area contributed by atoms with Crippen molar-refractivity contribution in [2.24, 2.45) is 5.73 Å². The summed E-state index contributed by atoms with van der Waals surface area (Å²) in [4.78, 5) is 13.6. The van der Waals surface area contributed by atoms with E-state index in [2.05, 4.69) is 5.32 Å². The Bertz CT molecular complexity index is 413. The van der Waals surface area contributed by atoms with Gasteiger partial charge in [0.05, 0.1) is 6.04 Å². The van der Waals surface area contributed by atoms with Crippen molar-refractivity contribution >= 4 is 30.7 Å². The molecule has 0 aliphatic heterocycles. The molecule has 21 heavy (non-hydrogen) atoms. The fourth-order valence-electron chi connectivity index (χ4n) is 1.86. The van der Waals surface area contributed by atoms with Crippen molar-refractivity contribution in [3.63, 3.8) is 0 Å². The lowest BCUT2D eigenvalue weighted by atomic mass is 10.1. The maximum absolute atomic E-state index is 12.9. The van der Waals surface area contributed by atoms with E-state index in [-0.39, 0.29) is 48.6 Å². The van der Waals surface area contributed by atoms with E-state index >= 15 is 0 Å². The number of halogens is 3. The molecule has 0 saturated heterocycles.